The summed E-state index contributed by atoms with van der Waals surface area (Å²) in [6, 6.07) is 0. The van der Waals surface area contributed by atoms with Crippen molar-refractivity contribution in [3.63, 3.8) is 0 Å². The van der Waals surface area contributed by atoms with Crippen LogP contribution in [-0.2, 0) is 28.6 Å². The van der Waals surface area contributed by atoms with Crippen molar-refractivity contribution in [2.45, 2.75) is 290 Å². The average Bonchev–Trinajstić information content (AvgIpc) is 3.40. The van der Waals surface area contributed by atoms with E-state index >= 15 is 0 Å². The highest BCUT2D eigenvalue weighted by Gasteiger charge is 2.19. The molecule has 74 heavy (non-hydrogen) atoms. The van der Waals surface area contributed by atoms with Gasteiger partial charge in [-0.05, 0) is 109 Å². The van der Waals surface area contributed by atoms with Crippen LogP contribution in [-0.4, -0.2) is 37.2 Å². The Balaban J connectivity index is 4.35. The van der Waals surface area contributed by atoms with Crippen LogP contribution in [0, 0.1) is 0 Å². The number of ether oxygens (including phenoxy) is 3. The van der Waals surface area contributed by atoms with Crippen LogP contribution in [0.25, 0.3) is 0 Å². The van der Waals surface area contributed by atoms with Crippen molar-refractivity contribution in [3.8, 4) is 0 Å². The zero-order chi connectivity index (χ0) is 53.6. The first-order valence-electron chi connectivity index (χ1n) is 30.9. The molecule has 0 aliphatic rings. The molecule has 0 aromatic heterocycles. The third kappa shape index (κ3) is 59.0. The minimum absolute atomic E-state index is 0.0880. The van der Waals surface area contributed by atoms with Crippen LogP contribution in [0.5, 0.6) is 0 Å². The molecule has 1 unspecified atom stereocenters. The molecule has 0 saturated carbocycles. The molecule has 0 bridgehead atoms. The third-order valence-corrected chi connectivity index (χ3v) is 13.0. The van der Waals surface area contributed by atoms with E-state index in [9.17, 15) is 14.4 Å². The summed E-state index contributed by atoms with van der Waals surface area (Å²) in [4.78, 5) is 38.2. The van der Waals surface area contributed by atoms with E-state index < -0.39 is 6.10 Å². The first-order valence-corrected chi connectivity index (χ1v) is 30.9. The van der Waals surface area contributed by atoms with Crippen molar-refractivity contribution in [2.24, 2.45) is 0 Å². The second-order valence-corrected chi connectivity index (χ2v) is 20.2. The van der Waals surface area contributed by atoms with Gasteiger partial charge >= 0.3 is 17.9 Å². The van der Waals surface area contributed by atoms with Crippen molar-refractivity contribution in [1.29, 1.82) is 0 Å². The molecule has 0 amide bonds. The van der Waals surface area contributed by atoms with Crippen LogP contribution in [0.3, 0.4) is 0 Å². The van der Waals surface area contributed by atoms with Gasteiger partial charge in [0.2, 0.25) is 0 Å². The minimum Gasteiger partial charge on any atom is -0.462 e. The molecule has 0 rings (SSSR count). The Morgan fingerprint density at radius 3 is 0.838 bits per heavy atom. The quantitative estimate of drug-likeness (QED) is 0.0261. The highest BCUT2D eigenvalue weighted by molar-refractivity contribution is 5.71. The van der Waals surface area contributed by atoms with Crippen LogP contribution in [0.15, 0.2) is 109 Å². The maximum atomic E-state index is 12.9. The van der Waals surface area contributed by atoms with Gasteiger partial charge in [-0.3, -0.25) is 14.4 Å². The van der Waals surface area contributed by atoms with Crippen LogP contribution in [0.2, 0.25) is 0 Å². The first-order chi connectivity index (χ1) is 36.5. The predicted molar refractivity (Wildman–Crippen MR) is 320 cm³/mol. The molecule has 0 spiro atoms. The van der Waals surface area contributed by atoms with E-state index in [1.165, 1.54) is 109 Å². The Hall–Kier alpha value is -3.93. The first kappa shape index (κ1) is 70.1. The lowest BCUT2D eigenvalue weighted by Crippen LogP contribution is -2.30. The highest BCUT2D eigenvalue weighted by Crippen LogP contribution is 2.15. The third-order valence-electron chi connectivity index (χ3n) is 13.0. The molecule has 6 heteroatoms. The van der Waals surface area contributed by atoms with Crippen molar-refractivity contribution >= 4 is 17.9 Å². The fraction of sp³-hybridized carbons (Fsp3) is 0.691. The van der Waals surface area contributed by atoms with E-state index in [1.54, 1.807) is 0 Å². The van der Waals surface area contributed by atoms with Gasteiger partial charge in [0.25, 0.3) is 0 Å². The van der Waals surface area contributed by atoms with Gasteiger partial charge in [0.1, 0.15) is 13.2 Å². The summed E-state index contributed by atoms with van der Waals surface area (Å²) in [6.07, 6.45) is 83.7. The number of carbonyl (C=O) groups excluding carboxylic acids is 3. The van der Waals surface area contributed by atoms with Gasteiger partial charge < -0.3 is 14.2 Å². The fourth-order valence-corrected chi connectivity index (χ4v) is 8.39. The van der Waals surface area contributed by atoms with Crippen molar-refractivity contribution in [1.82, 2.24) is 0 Å². The number of esters is 3. The molecule has 0 aliphatic carbocycles. The molecular weight excluding hydrogens is 913 g/mol. The van der Waals surface area contributed by atoms with E-state index in [0.29, 0.717) is 19.3 Å². The van der Waals surface area contributed by atoms with Crippen molar-refractivity contribution < 1.29 is 28.6 Å². The molecule has 0 heterocycles. The van der Waals surface area contributed by atoms with Crippen molar-refractivity contribution in [2.75, 3.05) is 13.2 Å². The van der Waals surface area contributed by atoms with Gasteiger partial charge in [-0.25, -0.2) is 0 Å². The molecule has 0 aliphatic heterocycles. The summed E-state index contributed by atoms with van der Waals surface area (Å²) >= 11 is 0. The van der Waals surface area contributed by atoms with Gasteiger partial charge in [-0.15, -0.1) is 0 Å². The molecule has 0 aromatic rings. The predicted octanol–water partition coefficient (Wildman–Crippen LogP) is 21.0. The summed E-state index contributed by atoms with van der Waals surface area (Å²) in [7, 11) is 0. The van der Waals surface area contributed by atoms with Crippen molar-refractivity contribution in [3.05, 3.63) is 109 Å². The summed E-state index contributed by atoms with van der Waals surface area (Å²) in [6.45, 7) is 6.50. The normalized spacial score (nSPS) is 12.9. The zero-order valence-electron chi connectivity index (χ0n) is 48.3. The van der Waals surface area contributed by atoms with E-state index in [1.807, 2.05) is 0 Å². The van der Waals surface area contributed by atoms with Crippen LogP contribution in [0.4, 0.5) is 0 Å². The van der Waals surface area contributed by atoms with Gasteiger partial charge in [0.15, 0.2) is 6.10 Å². The molecule has 0 N–H and O–H groups in total. The molecule has 422 valence electrons. The number of carbonyl (C=O) groups is 3. The number of rotatable bonds is 55. The van der Waals surface area contributed by atoms with Gasteiger partial charge in [-0.1, -0.05) is 265 Å². The van der Waals surface area contributed by atoms with Gasteiger partial charge in [0.05, 0.1) is 0 Å². The smallest absolute Gasteiger partial charge is 0.306 e. The van der Waals surface area contributed by atoms with E-state index in [-0.39, 0.29) is 31.1 Å². The zero-order valence-corrected chi connectivity index (χ0v) is 48.3. The topological polar surface area (TPSA) is 78.9 Å². The summed E-state index contributed by atoms with van der Waals surface area (Å²) < 4.78 is 16.9. The Morgan fingerprint density at radius 2 is 0.527 bits per heavy atom. The number of allylic oxidation sites excluding steroid dienone is 18. The molecule has 0 saturated heterocycles. The Bertz CT molecular complexity index is 1510. The second-order valence-electron chi connectivity index (χ2n) is 20.2. The largest absolute Gasteiger partial charge is 0.462 e. The number of hydrogen-bond acceptors (Lipinski definition) is 6. The van der Waals surface area contributed by atoms with Crippen LogP contribution >= 0.6 is 0 Å². The van der Waals surface area contributed by atoms with Gasteiger partial charge in [0, 0.05) is 19.3 Å². The average molecular weight is 1030 g/mol. The van der Waals surface area contributed by atoms with Gasteiger partial charge in [-0.2, -0.15) is 0 Å². The minimum atomic E-state index is -0.793. The summed E-state index contributed by atoms with van der Waals surface area (Å²) in [5.41, 5.74) is 0. The van der Waals surface area contributed by atoms with Crippen LogP contribution < -0.4 is 0 Å². The fourth-order valence-electron chi connectivity index (χ4n) is 8.39. The Morgan fingerprint density at radius 1 is 0.284 bits per heavy atom. The SMILES string of the molecule is CC/C=C\C/C=C\C/C=C\C/C=C\C/C=C\C/C=C\C/C=C\C/C=C\CCCCCCC(=O)OCC(COC(=O)CCCCCCCCCCCCCCC)OC(=O)CCCCCCC/C=C\CCCCCCC. The standard InChI is InChI=1S/C68H114O6/c1-4-7-10-13-16-19-22-25-27-28-29-30-31-32-33-34-35-36-37-38-39-40-41-44-46-49-52-55-58-61-67(70)73-64-65(63-72-66(69)60-57-54-51-48-45-42-24-21-18-15-12-9-6-3)74-68(71)62-59-56-53-50-47-43-26-23-20-17-14-11-8-5-2/h7,10,16,19,23,25-27,29-30,32-33,35-36,38-39,41,44,65H,4-6,8-9,11-15,17-18,20-22,24,28,31,34,37,40,42-43,45-64H2,1-3H3/b10-7-,19-16-,26-23-,27-25-,30-29-,33-32-,36-35-,39-38-,44-41-. The summed E-state index contributed by atoms with van der Waals surface area (Å²) in [5, 5.41) is 0. The van der Waals surface area contributed by atoms with E-state index in [2.05, 4.69) is 130 Å². The van der Waals surface area contributed by atoms with Crippen LogP contribution in [0.1, 0.15) is 284 Å². The Kier molecular flexibility index (Phi) is 58.3. The number of hydrogen-bond donors (Lipinski definition) is 0. The maximum absolute atomic E-state index is 12.9. The maximum Gasteiger partial charge on any atom is 0.306 e. The lowest BCUT2D eigenvalue weighted by Gasteiger charge is -2.18. The highest BCUT2D eigenvalue weighted by atomic mass is 16.6. The molecule has 0 aromatic carbocycles. The summed E-state index contributed by atoms with van der Waals surface area (Å²) in [5.74, 6) is -0.918. The second kappa shape index (κ2) is 61.6. The number of unbranched alkanes of at least 4 members (excludes halogenated alkanes) is 26. The Labute approximate surface area is 457 Å². The molecule has 1 atom stereocenters. The van der Waals surface area contributed by atoms with E-state index in [0.717, 1.165) is 135 Å². The van der Waals surface area contributed by atoms with E-state index in [4.69, 9.17) is 14.2 Å². The molecule has 6 nitrogen and oxygen atoms in total. The monoisotopic (exact) mass is 1030 g/mol. The lowest BCUT2D eigenvalue weighted by molar-refractivity contribution is -0.167. The lowest BCUT2D eigenvalue weighted by atomic mass is 10.0. The molecule has 0 fully saturated rings. The molecule has 0 radical (unpaired) electrons. The molecular formula is C68H114O6.